The van der Waals surface area contributed by atoms with E-state index in [4.69, 9.17) is 0 Å². The standard InChI is InChI=1S/C19H17Br2N3O/c20-12-5-7-14(8-6-12)23-19(25)16-9-13(21)10-18-17(16)11-22-24(18)15-3-1-2-4-15/h5-11,15H,1-4H2,(H,23,25). The molecule has 25 heavy (non-hydrogen) atoms. The number of nitrogens with one attached hydrogen (secondary N) is 1. The summed E-state index contributed by atoms with van der Waals surface area (Å²) in [5.41, 5.74) is 2.42. The lowest BCUT2D eigenvalue weighted by atomic mass is 10.1. The van der Waals surface area contributed by atoms with E-state index in [1.807, 2.05) is 36.5 Å². The van der Waals surface area contributed by atoms with Crippen LogP contribution < -0.4 is 5.32 Å². The van der Waals surface area contributed by atoms with Gasteiger partial charge in [0.05, 0.1) is 23.3 Å². The number of fused-ring (bicyclic) bond motifs is 1. The van der Waals surface area contributed by atoms with Crippen LogP contribution in [0, 0.1) is 0 Å². The molecule has 6 heteroatoms. The van der Waals surface area contributed by atoms with Crippen molar-refractivity contribution in [3.63, 3.8) is 0 Å². The highest BCUT2D eigenvalue weighted by Gasteiger charge is 2.22. The van der Waals surface area contributed by atoms with Gasteiger partial charge >= 0.3 is 0 Å². The lowest BCUT2D eigenvalue weighted by Crippen LogP contribution is -2.12. The van der Waals surface area contributed by atoms with Gasteiger partial charge in [0, 0.05) is 20.0 Å². The van der Waals surface area contributed by atoms with Gasteiger partial charge in [0.25, 0.3) is 5.91 Å². The number of halogens is 2. The van der Waals surface area contributed by atoms with Crippen molar-refractivity contribution in [3.8, 4) is 0 Å². The third-order valence-electron chi connectivity index (χ3n) is 4.70. The lowest BCUT2D eigenvalue weighted by Gasteiger charge is -2.12. The molecule has 4 rings (SSSR count). The maximum Gasteiger partial charge on any atom is 0.256 e. The molecule has 0 spiro atoms. The van der Waals surface area contributed by atoms with Gasteiger partial charge in [-0.15, -0.1) is 0 Å². The van der Waals surface area contributed by atoms with Crippen molar-refractivity contribution < 1.29 is 4.79 Å². The second-order valence-electron chi connectivity index (χ2n) is 6.37. The Morgan fingerprint density at radius 3 is 2.52 bits per heavy atom. The predicted molar refractivity (Wildman–Crippen MR) is 107 cm³/mol. The van der Waals surface area contributed by atoms with Crippen LogP contribution in [-0.4, -0.2) is 15.7 Å². The third kappa shape index (κ3) is 3.37. The van der Waals surface area contributed by atoms with E-state index in [-0.39, 0.29) is 5.91 Å². The van der Waals surface area contributed by atoms with Crippen LogP contribution in [0.5, 0.6) is 0 Å². The first-order valence-corrected chi connectivity index (χ1v) is 9.94. The van der Waals surface area contributed by atoms with Crippen molar-refractivity contribution in [3.05, 3.63) is 57.1 Å². The predicted octanol–water partition coefficient (Wildman–Crippen LogP) is 5.93. The first kappa shape index (κ1) is 16.8. The zero-order chi connectivity index (χ0) is 17.4. The Balaban J connectivity index is 1.71. The van der Waals surface area contributed by atoms with E-state index in [9.17, 15) is 4.79 Å². The normalized spacial score (nSPS) is 15.0. The fraction of sp³-hybridized carbons (Fsp3) is 0.263. The second-order valence-corrected chi connectivity index (χ2v) is 8.21. The summed E-state index contributed by atoms with van der Waals surface area (Å²) in [5.74, 6) is -0.125. The summed E-state index contributed by atoms with van der Waals surface area (Å²) in [5, 5.41) is 8.45. The highest BCUT2D eigenvalue weighted by Crippen LogP contribution is 2.34. The molecule has 1 N–H and O–H groups in total. The quantitative estimate of drug-likeness (QED) is 0.524. The zero-order valence-corrected chi connectivity index (χ0v) is 16.7. The Labute approximate surface area is 162 Å². The van der Waals surface area contributed by atoms with Gasteiger partial charge in [0.2, 0.25) is 0 Å². The maximum atomic E-state index is 12.8. The number of rotatable bonds is 3. The molecule has 128 valence electrons. The smallest absolute Gasteiger partial charge is 0.256 e. The van der Waals surface area contributed by atoms with Gasteiger partial charge < -0.3 is 5.32 Å². The molecule has 1 fully saturated rings. The summed E-state index contributed by atoms with van der Waals surface area (Å²) in [7, 11) is 0. The Kier molecular flexibility index (Phi) is 4.65. The summed E-state index contributed by atoms with van der Waals surface area (Å²) in [6.45, 7) is 0. The van der Waals surface area contributed by atoms with Crippen LogP contribution in [0.1, 0.15) is 42.1 Å². The van der Waals surface area contributed by atoms with E-state index < -0.39 is 0 Å². The highest BCUT2D eigenvalue weighted by molar-refractivity contribution is 9.10. The summed E-state index contributed by atoms with van der Waals surface area (Å²) < 4.78 is 3.96. The lowest BCUT2D eigenvalue weighted by molar-refractivity contribution is 0.102. The molecule has 1 aliphatic carbocycles. The molecule has 0 unspecified atom stereocenters. The molecule has 0 atom stereocenters. The van der Waals surface area contributed by atoms with Gasteiger partial charge in [-0.05, 0) is 49.2 Å². The molecule has 2 aromatic carbocycles. The number of amides is 1. The SMILES string of the molecule is O=C(Nc1ccc(Br)cc1)c1cc(Br)cc2c1cnn2C1CCCC1. The van der Waals surface area contributed by atoms with Gasteiger partial charge in [-0.3, -0.25) is 9.48 Å². The van der Waals surface area contributed by atoms with E-state index >= 15 is 0 Å². The number of anilines is 1. The van der Waals surface area contributed by atoms with Gasteiger partial charge in [-0.1, -0.05) is 44.7 Å². The molecule has 0 radical (unpaired) electrons. The van der Waals surface area contributed by atoms with Crippen molar-refractivity contribution in [2.24, 2.45) is 0 Å². The van der Waals surface area contributed by atoms with Crippen molar-refractivity contribution in [1.29, 1.82) is 0 Å². The molecule has 1 amide bonds. The Bertz CT molecular complexity index is 928. The van der Waals surface area contributed by atoms with Gasteiger partial charge in [-0.25, -0.2) is 0 Å². The molecule has 3 aromatic rings. The number of hydrogen-bond donors (Lipinski definition) is 1. The van der Waals surface area contributed by atoms with Crippen LogP contribution in [0.2, 0.25) is 0 Å². The molecule has 1 aliphatic rings. The van der Waals surface area contributed by atoms with Crippen LogP contribution in [-0.2, 0) is 0 Å². The fourth-order valence-electron chi connectivity index (χ4n) is 3.47. The van der Waals surface area contributed by atoms with E-state index in [0.29, 0.717) is 11.6 Å². The minimum Gasteiger partial charge on any atom is -0.322 e. The fourth-order valence-corrected chi connectivity index (χ4v) is 4.18. The van der Waals surface area contributed by atoms with Crippen molar-refractivity contribution in [2.75, 3.05) is 5.32 Å². The molecular formula is C19H17Br2N3O. The number of benzene rings is 2. The minimum atomic E-state index is -0.125. The van der Waals surface area contributed by atoms with Gasteiger partial charge in [-0.2, -0.15) is 5.10 Å². The highest BCUT2D eigenvalue weighted by atomic mass is 79.9. The van der Waals surface area contributed by atoms with Gasteiger partial charge in [0.15, 0.2) is 0 Å². The largest absolute Gasteiger partial charge is 0.322 e. The van der Waals surface area contributed by atoms with Crippen LogP contribution >= 0.6 is 31.9 Å². The average molecular weight is 463 g/mol. The monoisotopic (exact) mass is 461 g/mol. The van der Waals surface area contributed by atoms with E-state index in [1.165, 1.54) is 12.8 Å². The van der Waals surface area contributed by atoms with E-state index in [1.54, 1.807) is 0 Å². The van der Waals surface area contributed by atoms with Crippen LogP contribution in [0.15, 0.2) is 51.5 Å². The Hall–Kier alpha value is -1.66. The first-order chi connectivity index (χ1) is 12.1. The molecule has 1 saturated carbocycles. The summed E-state index contributed by atoms with van der Waals surface area (Å²) in [4.78, 5) is 12.8. The van der Waals surface area contributed by atoms with Crippen LogP contribution in [0.4, 0.5) is 5.69 Å². The Morgan fingerprint density at radius 2 is 1.80 bits per heavy atom. The molecule has 1 heterocycles. The number of nitrogens with zero attached hydrogens (tertiary/aromatic N) is 2. The van der Waals surface area contributed by atoms with Crippen molar-refractivity contribution >= 4 is 54.4 Å². The zero-order valence-electron chi connectivity index (χ0n) is 13.5. The Morgan fingerprint density at radius 1 is 1.08 bits per heavy atom. The number of carbonyl (C=O) groups excluding carboxylic acids is 1. The molecule has 0 saturated heterocycles. The number of hydrogen-bond acceptors (Lipinski definition) is 2. The molecular weight excluding hydrogens is 446 g/mol. The summed E-state index contributed by atoms with van der Waals surface area (Å²) in [6, 6.07) is 11.9. The van der Waals surface area contributed by atoms with E-state index in [0.717, 1.165) is 38.4 Å². The number of carbonyl (C=O) groups is 1. The number of aromatic nitrogens is 2. The van der Waals surface area contributed by atoms with Crippen molar-refractivity contribution in [2.45, 2.75) is 31.7 Å². The van der Waals surface area contributed by atoms with Crippen LogP contribution in [0.3, 0.4) is 0 Å². The molecule has 0 aliphatic heterocycles. The molecule has 1 aromatic heterocycles. The summed E-state index contributed by atoms with van der Waals surface area (Å²) >= 11 is 6.95. The second kappa shape index (κ2) is 6.92. The van der Waals surface area contributed by atoms with Crippen molar-refractivity contribution in [1.82, 2.24) is 9.78 Å². The molecule has 4 nitrogen and oxygen atoms in total. The van der Waals surface area contributed by atoms with Gasteiger partial charge in [0.1, 0.15) is 0 Å². The van der Waals surface area contributed by atoms with Crippen LogP contribution in [0.25, 0.3) is 10.9 Å². The molecule has 0 bridgehead atoms. The average Bonchev–Trinajstić information content (AvgIpc) is 3.25. The van der Waals surface area contributed by atoms with E-state index in [2.05, 4.69) is 53.0 Å². The minimum absolute atomic E-state index is 0.125. The first-order valence-electron chi connectivity index (χ1n) is 8.35. The maximum absolute atomic E-state index is 12.8. The third-order valence-corrected chi connectivity index (χ3v) is 5.68. The topological polar surface area (TPSA) is 46.9 Å². The summed E-state index contributed by atoms with van der Waals surface area (Å²) in [6.07, 6.45) is 6.62.